The Morgan fingerprint density at radius 2 is 2.29 bits per heavy atom. The molecule has 0 amide bonds. The molecule has 0 aromatic carbocycles. The Kier molecular flexibility index (Phi) is 3.74. The second-order valence-corrected chi connectivity index (χ2v) is 7.04. The van der Waals surface area contributed by atoms with Crippen molar-refractivity contribution in [2.75, 3.05) is 0 Å². The van der Waals surface area contributed by atoms with Gasteiger partial charge >= 0.3 is 5.97 Å². The zero-order valence-electron chi connectivity index (χ0n) is 10.6. The van der Waals surface area contributed by atoms with Crippen LogP contribution in [-0.2, 0) is 5.75 Å². The van der Waals surface area contributed by atoms with Gasteiger partial charge in [0, 0.05) is 11.8 Å². The monoisotopic (exact) mass is 340 g/mol. The van der Waals surface area contributed by atoms with Crippen molar-refractivity contribution < 1.29 is 9.90 Å². The lowest BCUT2D eigenvalue weighted by atomic mass is 10.4. The van der Waals surface area contributed by atoms with Gasteiger partial charge in [0.15, 0.2) is 4.34 Å². The maximum atomic E-state index is 11.8. The molecule has 0 atom stereocenters. The first-order chi connectivity index (χ1) is 10.0. The van der Waals surface area contributed by atoms with E-state index in [0.29, 0.717) is 26.4 Å². The quantitative estimate of drug-likeness (QED) is 0.724. The van der Waals surface area contributed by atoms with Gasteiger partial charge in [0.2, 0.25) is 4.96 Å². The zero-order chi connectivity index (χ0) is 15.0. The fraction of sp³-hybridized carbons (Fsp3) is 0.182. The van der Waals surface area contributed by atoms with Gasteiger partial charge in [0.1, 0.15) is 10.4 Å². The predicted octanol–water partition coefficient (Wildman–Crippen LogP) is 1.91. The Morgan fingerprint density at radius 1 is 1.48 bits per heavy atom. The average molecular weight is 340 g/mol. The summed E-state index contributed by atoms with van der Waals surface area (Å²) in [7, 11) is 0. The van der Waals surface area contributed by atoms with Gasteiger partial charge in [-0.05, 0) is 6.92 Å². The van der Waals surface area contributed by atoms with Gasteiger partial charge < -0.3 is 5.11 Å². The number of aromatic nitrogens is 4. The molecule has 0 saturated heterocycles. The number of hydrogen-bond acceptors (Lipinski definition) is 8. The standard InChI is InChI=1S/C11H8N4O3S3/c1-5-8(9(17)18)21-11(13-5)19-3-6-2-7(16)15-10(14-6)20-4-12-15/h2,4H,3H2,1H3,(H,17,18). The first kappa shape index (κ1) is 14.2. The fourth-order valence-corrected chi connectivity index (χ4v) is 4.21. The molecule has 0 saturated carbocycles. The van der Waals surface area contributed by atoms with Gasteiger partial charge in [-0.25, -0.2) is 14.8 Å². The lowest BCUT2D eigenvalue weighted by Gasteiger charge is -1.98. The number of aromatic carboxylic acids is 1. The van der Waals surface area contributed by atoms with Gasteiger partial charge in [-0.15, -0.1) is 11.3 Å². The molecule has 3 rings (SSSR count). The van der Waals surface area contributed by atoms with E-state index in [-0.39, 0.29) is 10.4 Å². The minimum atomic E-state index is -0.973. The molecule has 1 N–H and O–H groups in total. The number of rotatable bonds is 4. The number of hydrogen-bond donors (Lipinski definition) is 1. The summed E-state index contributed by atoms with van der Waals surface area (Å²) in [5, 5.41) is 12.9. The Labute approximate surface area is 130 Å². The summed E-state index contributed by atoms with van der Waals surface area (Å²) < 4.78 is 1.89. The summed E-state index contributed by atoms with van der Waals surface area (Å²) in [5.74, 6) is -0.519. The molecular weight excluding hydrogens is 332 g/mol. The molecule has 0 fully saturated rings. The summed E-state index contributed by atoms with van der Waals surface area (Å²) in [6.45, 7) is 1.66. The van der Waals surface area contributed by atoms with Gasteiger partial charge in [-0.3, -0.25) is 4.79 Å². The number of thioether (sulfide) groups is 1. The number of thiazole rings is 1. The molecule has 0 aliphatic carbocycles. The highest BCUT2D eigenvalue weighted by Gasteiger charge is 2.14. The fourth-order valence-electron chi connectivity index (χ4n) is 1.64. The van der Waals surface area contributed by atoms with E-state index in [4.69, 9.17) is 5.11 Å². The van der Waals surface area contributed by atoms with E-state index in [1.807, 2.05) is 0 Å². The van der Waals surface area contributed by atoms with Crippen molar-refractivity contribution in [2.45, 2.75) is 17.0 Å². The maximum Gasteiger partial charge on any atom is 0.347 e. The van der Waals surface area contributed by atoms with Crippen molar-refractivity contribution in [3.8, 4) is 0 Å². The van der Waals surface area contributed by atoms with E-state index < -0.39 is 5.97 Å². The maximum absolute atomic E-state index is 11.8. The minimum absolute atomic E-state index is 0.224. The van der Waals surface area contributed by atoms with Crippen molar-refractivity contribution in [3.63, 3.8) is 0 Å². The summed E-state index contributed by atoms with van der Waals surface area (Å²) in [6.07, 6.45) is 0. The molecule has 0 unspecified atom stereocenters. The van der Waals surface area contributed by atoms with Crippen LogP contribution in [-0.4, -0.2) is 30.7 Å². The van der Waals surface area contributed by atoms with Gasteiger partial charge in [0.25, 0.3) is 5.56 Å². The van der Waals surface area contributed by atoms with Crippen LogP contribution in [0.5, 0.6) is 0 Å². The third kappa shape index (κ3) is 2.82. The van der Waals surface area contributed by atoms with Crippen LogP contribution in [0.4, 0.5) is 0 Å². The summed E-state index contributed by atoms with van der Waals surface area (Å²) >= 11 is 3.78. The summed E-state index contributed by atoms with van der Waals surface area (Å²) in [5.41, 5.74) is 2.46. The number of carboxylic acids is 1. The van der Waals surface area contributed by atoms with Crippen LogP contribution in [0.25, 0.3) is 4.96 Å². The van der Waals surface area contributed by atoms with Crippen LogP contribution in [0.1, 0.15) is 21.1 Å². The molecular formula is C11H8N4O3S3. The first-order valence-corrected chi connectivity index (χ1v) is 8.39. The van der Waals surface area contributed by atoms with E-state index in [1.54, 1.807) is 12.4 Å². The number of carboxylic acid groups (broad SMARTS) is 1. The van der Waals surface area contributed by atoms with Gasteiger partial charge in [-0.2, -0.15) is 9.61 Å². The van der Waals surface area contributed by atoms with Crippen LogP contribution in [0, 0.1) is 6.92 Å². The van der Waals surface area contributed by atoms with Crippen molar-refractivity contribution in [3.05, 3.63) is 38.2 Å². The van der Waals surface area contributed by atoms with Crippen LogP contribution in [0.15, 0.2) is 20.7 Å². The van der Waals surface area contributed by atoms with Crippen LogP contribution in [0.3, 0.4) is 0 Å². The first-order valence-electron chi connectivity index (χ1n) is 5.70. The molecule has 0 spiro atoms. The van der Waals surface area contributed by atoms with E-state index in [1.165, 1.54) is 33.7 Å². The molecule has 108 valence electrons. The van der Waals surface area contributed by atoms with Crippen LogP contribution >= 0.6 is 34.4 Å². The molecule has 21 heavy (non-hydrogen) atoms. The Hall–Kier alpha value is -1.78. The van der Waals surface area contributed by atoms with Crippen molar-refractivity contribution in [1.82, 2.24) is 19.6 Å². The number of nitrogens with zero attached hydrogens (tertiary/aromatic N) is 4. The largest absolute Gasteiger partial charge is 0.477 e. The smallest absolute Gasteiger partial charge is 0.347 e. The van der Waals surface area contributed by atoms with Crippen LogP contribution in [0.2, 0.25) is 0 Å². The Bertz CT molecular complexity index is 882. The predicted molar refractivity (Wildman–Crippen MR) is 80.5 cm³/mol. The van der Waals surface area contributed by atoms with E-state index in [9.17, 15) is 9.59 Å². The molecule has 0 radical (unpaired) electrons. The summed E-state index contributed by atoms with van der Waals surface area (Å²) in [4.78, 5) is 32.1. The normalized spacial score (nSPS) is 11.1. The van der Waals surface area contributed by atoms with Crippen molar-refractivity contribution in [1.29, 1.82) is 0 Å². The third-order valence-electron chi connectivity index (χ3n) is 2.55. The Balaban J connectivity index is 1.81. The second-order valence-electron chi connectivity index (χ2n) is 4.01. The van der Waals surface area contributed by atoms with Crippen LogP contribution < -0.4 is 5.56 Å². The molecule has 0 bridgehead atoms. The molecule has 0 aliphatic heterocycles. The van der Waals surface area contributed by atoms with E-state index >= 15 is 0 Å². The van der Waals surface area contributed by atoms with E-state index in [0.717, 1.165) is 11.3 Å². The van der Waals surface area contributed by atoms with E-state index in [2.05, 4.69) is 15.1 Å². The SMILES string of the molecule is Cc1nc(SCc2cc(=O)n3ncsc3n2)sc1C(=O)O. The third-order valence-corrected chi connectivity index (χ3v) is 5.55. The summed E-state index contributed by atoms with van der Waals surface area (Å²) in [6, 6.07) is 1.43. The molecule has 7 nitrogen and oxygen atoms in total. The molecule has 3 aromatic rings. The second kappa shape index (κ2) is 5.54. The highest BCUT2D eigenvalue weighted by Crippen LogP contribution is 2.29. The minimum Gasteiger partial charge on any atom is -0.477 e. The lowest BCUT2D eigenvalue weighted by molar-refractivity contribution is 0.0701. The molecule has 3 aromatic heterocycles. The highest BCUT2D eigenvalue weighted by atomic mass is 32.2. The number of carbonyl (C=O) groups is 1. The average Bonchev–Trinajstić information content (AvgIpc) is 3.03. The molecule has 0 aliphatic rings. The van der Waals surface area contributed by atoms with Crippen molar-refractivity contribution in [2.24, 2.45) is 0 Å². The molecule has 3 heterocycles. The van der Waals surface area contributed by atoms with Gasteiger partial charge in [0.05, 0.1) is 11.4 Å². The lowest BCUT2D eigenvalue weighted by Crippen LogP contribution is -2.14. The number of aryl methyl sites for hydroxylation is 1. The topological polar surface area (TPSA) is 97.5 Å². The number of fused-ring (bicyclic) bond motifs is 1. The van der Waals surface area contributed by atoms with Gasteiger partial charge in [-0.1, -0.05) is 23.1 Å². The zero-order valence-corrected chi connectivity index (χ0v) is 13.1. The Morgan fingerprint density at radius 3 is 3.00 bits per heavy atom. The highest BCUT2D eigenvalue weighted by molar-refractivity contribution is 8.00. The molecule has 10 heteroatoms. The van der Waals surface area contributed by atoms with Crippen molar-refractivity contribution >= 4 is 45.4 Å².